The van der Waals surface area contributed by atoms with Gasteiger partial charge in [0.1, 0.15) is 6.07 Å². The third-order valence-corrected chi connectivity index (χ3v) is 3.65. The molecule has 1 heterocycles. The third-order valence-electron chi connectivity index (χ3n) is 3.65. The topological polar surface area (TPSA) is 56.1 Å². The van der Waals surface area contributed by atoms with Crippen molar-refractivity contribution in [2.45, 2.75) is 38.6 Å². The van der Waals surface area contributed by atoms with E-state index in [1.165, 1.54) is 6.42 Å². The second-order valence-corrected chi connectivity index (χ2v) is 4.84. The molecular formula is C15H19N3O. The fourth-order valence-corrected chi connectivity index (χ4v) is 2.57. The maximum absolute atomic E-state index is 12.3. The van der Waals surface area contributed by atoms with Gasteiger partial charge in [-0.1, -0.05) is 19.1 Å². The van der Waals surface area contributed by atoms with Gasteiger partial charge < -0.3 is 10.2 Å². The van der Waals surface area contributed by atoms with E-state index in [2.05, 4.69) is 18.3 Å². The first-order valence-corrected chi connectivity index (χ1v) is 6.83. The summed E-state index contributed by atoms with van der Waals surface area (Å²) in [5, 5.41) is 11.9. The normalized spacial score (nSPS) is 18.7. The molecule has 0 spiro atoms. The Hall–Kier alpha value is -2.02. The van der Waals surface area contributed by atoms with Crippen molar-refractivity contribution in [2.75, 3.05) is 11.9 Å². The second-order valence-electron chi connectivity index (χ2n) is 4.84. The van der Waals surface area contributed by atoms with Crippen molar-refractivity contribution >= 4 is 11.7 Å². The number of likely N-dealkylation sites (tertiary alicyclic amines) is 1. The standard InChI is InChI=1S/C15H19N3O/c1-2-13-8-5-6-10-18(13)15(19)17-14-9-4-3-7-12(14)11-16/h3-4,7,9,13H,2,5-6,8,10H2,1H3,(H,17,19). The Labute approximate surface area is 114 Å². The van der Waals surface area contributed by atoms with E-state index in [9.17, 15) is 4.79 Å². The smallest absolute Gasteiger partial charge is 0.322 e. The Morgan fingerprint density at radius 1 is 1.47 bits per heavy atom. The molecular weight excluding hydrogens is 238 g/mol. The highest BCUT2D eigenvalue weighted by molar-refractivity contribution is 5.91. The molecule has 1 aliphatic heterocycles. The molecule has 0 bridgehead atoms. The number of hydrogen-bond acceptors (Lipinski definition) is 2. The fraction of sp³-hybridized carbons (Fsp3) is 0.467. The first-order valence-electron chi connectivity index (χ1n) is 6.83. The van der Waals surface area contributed by atoms with E-state index in [-0.39, 0.29) is 6.03 Å². The molecule has 0 saturated carbocycles. The summed E-state index contributed by atoms with van der Waals surface area (Å²) >= 11 is 0. The molecule has 1 N–H and O–H groups in total. The summed E-state index contributed by atoms with van der Waals surface area (Å²) in [5.41, 5.74) is 1.09. The Balaban J connectivity index is 2.10. The molecule has 1 aromatic carbocycles. The molecule has 4 heteroatoms. The van der Waals surface area contributed by atoms with Crippen LogP contribution in [-0.2, 0) is 0 Å². The van der Waals surface area contributed by atoms with Crippen LogP contribution in [0.3, 0.4) is 0 Å². The van der Waals surface area contributed by atoms with Crippen LogP contribution in [-0.4, -0.2) is 23.5 Å². The molecule has 100 valence electrons. The van der Waals surface area contributed by atoms with E-state index < -0.39 is 0 Å². The molecule has 1 aromatic rings. The Morgan fingerprint density at radius 2 is 2.26 bits per heavy atom. The maximum Gasteiger partial charge on any atom is 0.322 e. The molecule has 19 heavy (non-hydrogen) atoms. The van der Waals surface area contributed by atoms with Gasteiger partial charge in [0, 0.05) is 12.6 Å². The largest absolute Gasteiger partial charge is 0.322 e. The highest BCUT2D eigenvalue weighted by Crippen LogP contribution is 2.21. The van der Waals surface area contributed by atoms with Gasteiger partial charge in [-0.3, -0.25) is 0 Å². The zero-order valence-electron chi connectivity index (χ0n) is 11.2. The molecule has 2 rings (SSSR count). The van der Waals surface area contributed by atoms with Gasteiger partial charge in [0.2, 0.25) is 0 Å². The molecule has 1 fully saturated rings. The fourth-order valence-electron chi connectivity index (χ4n) is 2.57. The van der Waals surface area contributed by atoms with Gasteiger partial charge in [0.25, 0.3) is 0 Å². The van der Waals surface area contributed by atoms with Crippen LogP contribution >= 0.6 is 0 Å². The van der Waals surface area contributed by atoms with Crippen LogP contribution in [0.25, 0.3) is 0 Å². The average molecular weight is 257 g/mol. The number of para-hydroxylation sites is 1. The molecule has 4 nitrogen and oxygen atoms in total. The van der Waals surface area contributed by atoms with E-state index in [4.69, 9.17) is 5.26 Å². The minimum atomic E-state index is -0.0887. The van der Waals surface area contributed by atoms with Crippen LogP contribution in [0, 0.1) is 11.3 Å². The van der Waals surface area contributed by atoms with Gasteiger partial charge in [-0.2, -0.15) is 5.26 Å². The van der Waals surface area contributed by atoms with Crippen LogP contribution in [0.15, 0.2) is 24.3 Å². The average Bonchev–Trinajstić information content (AvgIpc) is 2.47. The summed E-state index contributed by atoms with van der Waals surface area (Å²) in [6.45, 7) is 2.92. The van der Waals surface area contributed by atoms with Gasteiger partial charge in [-0.05, 0) is 37.8 Å². The summed E-state index contributed by atoms with van der Waals surface area (Å²) in [6.07, 6.45) is 4.30. The van der Waals surface area contributed by atoms with Crippen molar-refractivity contribution in [3.63, 3.8) is 0 Å². The summed E-state index contributed by atoms with van der Waals surface area (Å²) < 4.78 is 0. The predicted octanol–water partition coefficient (Wildman–Crippen LogP) is 3.35. The van der Waals surface area contributed by atoms with Crippen LogP contribution < -0.4 is 5.32 Å². The lowest BCUT2D eigenvalue weighted by Crippen LogP contribution is -2.45. The number of carbonyl (C=O) groups is 1. The minimum Gasteiger partial charge on any atom is -0.322 e. The summed E-state index contributed by atoms with van der Waals surface area (Å²) in [4.78, 5) is 14.2. The van der Waals surface area contributed by atoms with Crippen molar-refractivity contribution in [3.8, 4) is 6.07 Å². The van der Waals surface area contributed by atoms with Gasteiger partial charge in [0.05, 0.1) is 11.3 Å². The first-order chi connectivity index (χ1) is 9.26. The van der Waals surface area contributed by atoms with Crippen LogP contribution in [0.5, 0.6) is 0 Å². The number of amides is 2. The third kappa shape index (κ3) is 3.05. The molecule has 1 aliphatic rings. The number of nitriles is 1. The number of nitrogens with one attached hydrogen (secondary N) is 1. The van der Waals surface area contributed by atoms with Gasteiger partial charge in [0.15, 0.2) is 0 Å². The van der Waals surface area contributed by atoms with Crippen LogP contribution in [0.1, 0.15) is 38.2 Å². The van der Waals surface area contributed by atoms with E-state index in [0.717, 1.165) is 25.8 Å². The number of hydrogen-bond donors (Lipinski definition) is 1. The lowest BCUT2D eigenvalue weighted by atomic mass is 10.0. The van der Waals surface area contributed by atoms with E-state index >= 15 is 0 Å². The molecule has 1 unspecified atom stereocenters. The van der Waals surface area contributed by atoms with Gasteiger partial charge >= 0.3 is 6.03 Å². The lowest BCUT2D eigenvalue weighted by Gasteiger charge is -2.35. The van der Waals surface area contributed by atoms with Crippen molar-refractivity contribution in [1.29, 1.82) is 5.26 Å². The van der Waals surface area contributed by atoms with E-state index in [1.807, 2.05) is 11.0 Å². The quantitative estimate of drug-likeness (QED) is 0.883. The molecule has 0 radical (unpaired) electrons. The monoisotopic (exact) mass is 257 g/mol. The number of rotatable bonds is 2. The second kappa shape index (κ2) is 6.24. The molecule has 0 aliphatic carbocycles. The summed E-state index contributed by atoms with van der Waals surface area (Å²) in [7, 11) is 0. The molecule has 1 saturated heterocycles. The number of nitrogens with zero attached hydrogens (tertiary/aromatic N) is 2. The molecule has 0 aromatic heterocycles. The number of benzene rings is 1. The Kier molecular flexibility index (Phi) is 4.40. The number of anilines is 1. The predicted molar refractivity (Wildman–Crippen MR) is 74.8 cm³/mol. The Morgan fingerprint density at radius 3 is 3.00 bits per heavy atom. The first kappa shape index (κ1) is 13.4. The van der Waals surface area contributed by atoms with Crippen LogP contribution in [0.2, 0.25) is 0 Å². The zero-order valence-corrected chi connectivity index (χ0v) is 11.2. The number of carbonyl (C=O) groups excluding carboxylic acids is 1. The minimum absolute atomic E-state index is 0.0887. The summed E-state index contributed by atoms with van der Waals surface area (Å²) in [6, 6.07) is 9.42. The van der Waals surface area contributed by atoms with E-state index in [1.54, 1.807) is 18.2 Å². The zero-order chi connectivity index (χ0) is 13.7. The van der Waals surface area contributed by atoms with Crippen molar-refractivity contribution < 1.29 is 4.79 Å². The van der Waals surface area contributed by atoms with Crippen LogP contribution in [0.4, 0.5) is 10.5 Å². The molecule has 2 amide bonds. The number of urea groups is 1. The lowest BCUT2D eigenvalue weighted by molar-refractivity contribution is 0.160. The van der Waals surface area contributed by atoms with Crippen molar-refractivity contribution in [2.24, 2.45) is 0 Å². The van der Waals surface area contributed by atoms with Crippen molar-refractivity contribution in [3.05, 3.63) is 29.8 Å². The highest BCUT2D eigenvalue weighted by atomic mass is 16.2. The van der Waals surface area contributed by atoms with Crippen molar-refractivity contribution in [1.82, 2.24) is 4.90 Å². The maximum atomic E-state index is 12.3. The highest BCUT2D eigenvalue weighted by Gasteiger charge is 2.25. The van der Waals surface area contributed by atoms with Gasteiger partial charge in [-0.25, -0.2) is 4.79 Å². The summed E-state index contributed by atoms with van der Waals surface area (Å²) in [5.74, 6) is 0. The SMILES string of the molecule is CCC1CCCCN1C(=O)Nc1ccccc1C#N. The van der Waals surface area contributed by atoms with E-state index in [0.29, 0.717) is 17.3 Å². The number of piperidine rings is 1. The van der Waals surface area contributed by atoms with Gasteiger partial charge in [-0.15, -0.1) is 0 Å². The Bertz CT molecular complexity index is 492. The molecule has 1 atom stereocenters.